The van der Waals surface area contributed by atoms with Gasteiger partial charge in [0.2, 0.25) is 17.7 Å². The fraction of sp³-hybridized carbons (Fsp3) is 0.545. The predicted octanol–water partition coefficient (Wildman–Crippen LogP) is 0.429. The number of rotatable bonds is 12. The van der Waals surface area contributed by atoms with E-state index in [0.29, 0.717) is 0 Å². The summed E-state index contributed by atoms with van der Waals surface area (Å²) in [5.41, 5.74) is 6.55. The monoisotopic (exact) mass is 434 g/mol. The zero-order valence-corrected chi connectivity index (χ0v) is 18.6. The molecular formula is C22H34N4O5. The van der Waals surface area contributed by atoms with E-state index in [1.165, 1.54) is 0 Å². The molecular weight excluding hydrogens is 400 g/mol. The summed E-state index contributed by atoms with van der Waals surface area (Å²) in [4.78, 5) is 48.7. The predicted molar refractivity (Wildman–Crippen MR) is 117 cm³/mol. The number of carboxylic acid groups (broad SMARTS) is 1. The second-order valence-corrected chi connectivity index (χ2v) is 8.33. The first-order chi connectivity index (χ1) is 14.5. The van der Waals surface area contributed by atoms with Gasteiger partial charge in [0.1, 0.15) is 12.1 Å². The summed E-state index contributed by atoms with van der Waals surface area (Å²) >= 11 is 0. The molecule has 0 spiro atoms. The largest absolute Gasteiger partial charge is 0.480 e. The summed E-state index contributed by atoms with van der Waals surface area (Å²) in [6, 6.07) is 6.23. The second-order valence-electron chi connectivity index (χ2n) is 8.33. The van der Waals surface area contributed by atoms with Crippen LogP contribution < -0.4 is 21.7 Å². The van der Waals surface area contributed by atoms with Crippen LogP contribution in [0.25, 0.3) is 0 Å². The van der Waals surface area contributed by atoms with Crippen LogP contribution in [0.2, 0.25) is 0 Å². The molecule has 172 valence electrons. The summed E-state index contributed by atoms with van der Waals surface area (Å²) in [5.74, 6) is -2.80. The lowest BCUT2D eigenvalue weighted by molar-refractivity contribution is -0.142. The van der Waals surface area contributed by atoms with Crippen molar-refractivity contribution in [3.05, 3.63) is 35.9 Å². The number of nitrogens with one attached hydrogen (secondary N) is 3. The first kappa shape index (κ1) is 26.1. The molecule has 6 N–H and O–H groups in total. The van der Waals surface area contributed by atoms with Crippen molar-refractivity contribution in [2.24, 2.45) is 17.6 Å². The number of amides is 3. The third-order valence-corrected chi connectivity index (χ3v) is 4.70. The molecule has 0 saturated carbocycles. The molecule has 3 atom stereocenters. The second kappa shape index (κ2) is 12.7. The standard InChI is InChI=1S/C22H34N4O5/c1-13(2)10-17(22(30)31)26-20(28)16(11-15-8-6-5-7-9-15)25-18(27)12-24-21(29)19(23)14(3)4/h5-9,13-14,16-17,19H,10-12,23H2,1-4H3,(H,24,29)(H,25,27)(H,26,28)(H,30,31). The fourth-order valence-corrected chi connectivity index (χ4v) is 2.86. The van der Waals surface area contributed by atoms with Gasteiger partial charge in [0, 0.05) is 6.42 Å². The van der Waals surface area contributed by atoms with E-state index in [0.717, 1.165) is 5.56 Å². The molecule has 0 radical (unpaired) electrons. The zero-order valence-electron chi connectivity index (χ0n) is 18.6. The maximum absolute atomic E-state index is 12.8. The molecule has 0 bridgehead atoms. The Kier molecular flexibility index (Phi) is 10.7. The number of hydrogen-bond acceptors (Lipinski definition) is 5. The molecule has 0 aliphatic rings. The van der Waals surface area contributed by atoms with E-state index in [9.17, 15) is 24.3 Å². The molecule has 9 nitrogen and oxygen atoms in total. The molecule has 0 saturated heterocycles. The Morgan fingerprint density at radius 2 is 1.55 bits per heavy atom. The molecule has 0 fully saturated rings. The van der Waals surface area contributed by atoms with Gasteiger partial charge in [0.25, 0.3) is 0 Å². The van der Waals surface area contributed by atoms with E-state index in [2.05, 4.69) is 16.0 Å². The summed E-state index contributed by atoms with van der Waals surface area (Å²) in [7, 11) is 0. The molecule has 1 aromatic rings. The molecule has 3 unspecified atom stereocenters. The normalized spacial score (nSPS) is 13.9. The van der Waals surface area contributed by atoms with Crippen LogP contribution >= 0.6 is 0 Å². The van der Waals surface area contributed by atoms with E-state index in [1.54, 1.807) is 38.1 Å². The summed E-state index contributed by atoms with van der Waals surface area (Å²) in [6.07, 6.45) is 0.433. The lowest BCUT2D eigenvalue weighted by atomic mass is 10.0. The average Bonchev–Trinajstić information content (AvgIpc) is 2.70. The average molecular weight is 435 g/mol. The fourth-order valence-electron chi connectivity index (χ4n) is 2.86. The van der Waals surface area contributed by atoms with Gasteiger partial charge in [-0.2, -0.15) is 0 Å². The van der Waals surface area contributed by atoms with Gasteiger partial charge in [-0.3, -0.25) is 14.4 Å². The van der Waals surface area contributed by atoms with Gasteiger partial charge in [-0.05, 0) is 23.8 Å². The summed E-state index contributed by atoms with van der Waals surface area (Å²) < 4.78 is 0. The van der Waals surface area contributed by atoms with Gasteiger partial charge < -0.3 is 26.8 Å². The number of aliphatic carboxylic acids is 1. The molecule has 31 heavy (non-hydrogen) atoms. The highest BCUT2D eigenvalue weighted by molar-refractivity contribution is 5.92. The van der Waals surface area contributed by atoms with Crippen LogP contribution in [-0.4, -0.2) is 53.5 Å². The number of benzene rings is 1. The lowest BCUT2D eigenvalue weighted by Gasteiger charge is -2.23. The van der Waals surface area contributed by atoms with Crippen molar-refractivity contribution in [2.75, 3.05) is 6.54 Å². The van der Waals surface area contributed by atoms with Gasteiger partial charge in [-0.1, -0.05) is 58.0 Å². The molecule has 0 aliphatic carbocycles. The highest BCUT2D eigenvalue weighted by Crippen LogP contribution is 2.08. The topological polar surface area (TPSA) is 151 Å². The Labute approximate surface area is 183 Å². The smallest absolute Gasteiger partial charge is 0.326 e. The Morgan fingerprint density at radius 1 is 0.935 bits per heavy atom. The van der Waals surface area contributed by atoms with Gasteiger partial charge >= 0.3 is 5.97 Å². The first-order valence-electron chi connectivity index (χ1n) is 10.4. The van der Waals surface area contributed by atoms with Crippen LogP contribution in [0.15, 0.2) is 30.3 Å². The van der Waals surface area contributed by atoms with E-state index in [-0.39, 0.29) is 31.2 Å². The molecule has 0 aromatic heterocycles. The van der Waals surface area contributed by atoms with Crippen LogP contribution in [0.3, 0.4) is 0 Å². The van der Waals surface area contributed by atoms with Crippen molar-refractivity contribution >= 4 is 23.7 Å². The maximum Gasteiger partial charge on any atom is 0.326 e. The van der Waals surface area contributed by atoms with Crippen molar-refractivity contribution < 1.29 is 24.3 Å². The van der Waals surface area contributed by atoms with E-state index in [4.69, 9.17) is 5.73 Å². The van der Waals surface area contributed by atoms with Crippen LogP contribution in [0.4, 0.5) is 0 Å². The van der Waals surface area contributed by atoms with Crippen molar-refractivity contribution in [1.29, 1.82) is 0 Å². The highest BCUT2D eigenvalue weighted by atomic mass is 16.4. The Balaban J connectivity index is 2.85. The van der Waals surface area contributed by atoms with Crippen molar-refractivity contribution in [2.45, 2.75) is 58.7 Å². The number of hydrogen-bond donors (Lipinski definition) is 5. The number of nitrogens with two attached hydrogens (primary N) is 1. The van der Waals surface area contributed by atoms with Crippen LogP contribution in [-0.2, 0) is 25.6 Å². The number of carbonyl (C=O) groups is 4. The Bertz CT molecular complexity index is 752. The van der Waals surface area contributed by atoms with Crippen molar-refractivity contribution in [3.63, 3.8) is 0 Å². The van der Waals surface area contributed by atoms with Crippen LogP contribution in [0.1, 0.15) is 39.7 Å². The van der Waals surface area contributed by atoms with Gasteiger partial charge in [-0.25, -0.2) is 4.79 Å². The molecule has 1 aromatic carbocycles. The number of carboxylic acids is 1. The third-order valence-electron chi connectivity index (χ3n) is 4.70. The molecule has 1 rings (SSSR count). The minimum absolute atomic E-state index is 0.0592. The van der Waals surface area contributed by atoms with E-state index in [1.807, 2.05) is 19.9 Å². The first-order valence-corrected chi connectivity index (χ1v) is 10.4. The molecule has 0 aliphatic heterocycles. The third kappa shape index (κ3) is 9.61. The molecule has 9 heteroatoms. The van der Waals surface area contributed by atoms with Gasteiger partial charge in [0.05, 0.1) is 12.6 Å². The maximum atomic E-state index is 12.8. The molecule has 3 amide bonds. The van der Waals surface area contributed by atoms with Gasteiger partial charge in [-0.15, -0.1) is 0 Å². The van der Waals surface area contributed by atoms with Gasteiger partial charge in [0.15, 0.2) is 0 Å². The minimum atomic E-state index is -1.14. The van der Waals surface area contributed by atoms with E-state index < -0.39 is 41.8 Å². The minimum Gasteiger partial charge on any atom is -0.480 e. The SMILES string of the molecule is CC(C)CC(NC(=O)C(Cc1ccccc1)NC(=O)CNC(=O)C(N)C(C)C)C(=O)O. The Hall–Kier alpha value is -2.94. The number of carbonyl (C=O) groups excluding carboxylic acids is 3. The zero-order chi connectivity index (χ0) is 23.6. The summed E-state index contributed by atoms with van der Waals surface area (Å²) in [6.45, 7) is 6.96. The Morgan fingerprint density at radius 3 is 2.06 bits per heavy atom. The van der Waals surface area contributed by atoms with Crippen LogP contribution in [0, 0.1) is 11.8 Å². The summed E-state index contributed by atoms with van der Waals surface area (Å²) in [5, 5.41) is 17.0. The van der Waals surface area contributed by atoms with Crippen LogP contribution in [0.5, 0.6) is 0 Å². The van der Waals surface area contributed by atoms with Crippen molar-refractivity contribution in [3.8, 4) is 0 Å². The highest BCUT2D eigenvalue weighted by Gasteiger charge is 2.27. The van der Waals surface area contributed by atoms with E-state index >= 15 is 0 Å². The van der Waals surface area contributed by atoms with Crippen molar-refractivity contribution in [1.82, 2.24) is 16.0 Å². The lowest BCUT2D eigenvalue weighted by Crippen LogP contribution is -2.54. The molecule has 0 heterocycles. The quantitative estimate of drug-likeness (QED) is 0.322.